The van der Waals surface area contributed by atoms with E-state index in [4.69, 9.17) is 23.2 Å². The largest absolute Gasteiger partial charge is 0.369 e. The SMILES string of the molecule is O=C(c1ccc(Cl)cc1Cl)N1CCN(c2cc(N3CCCC3)c(F)cc2[N+](=O)[O-])CC1. The van der Waals surface area contributed by atoms with Gasteiger partial charge in [0.2, 0.25) is 0 Å². The van der Waals surface area contributed by atoms with Crippen LogP contribution in [0.1, 0.15) is 23.2 Å². The van der Waals surface area contributed by atoms with E-state index in [0.29, 0.717) is 48.1 Å². The third-order valence-electron chi connectivity index (χ3n) is 5.76. The third-order valence-corrected chi connectivity index (χ3v) is 6.30. The highest BCUT2D eigenvalue weighted by atomic mass is 35.5. The second-order valence-electron chi connectivity index (χ2n) is 7.65. The van der Waals surface area contributed by atoms with Crippen molar-refractivity contribution < 1.29 is 14.1 Å². The molecule has 0 N–H and O–H groups in total. The fourth-order valence-corrected chi connectivity index (χ4v) is 4.61. The monoisotopic (exact) mass is 466 g/mol. The first-order valence-electron chi connectivity index (χ1n) is 10.1. The molecule has 0 aromatic heterocycles. The minimum absolute atomic E-state index is 0.215. The number of carbonyl (C=O) groups is 1. The molecule has 0 atom stereocenters. The summed E-state index contributed by atoms with van der Waals surface area (Å²) >= 11 is 12.1. The highest BCUT2D eigenvalue weighted by Crippen LogP contribution is 2.37. The third kappa shape index (κ3) is 4.41. The maximum Gasteiger partial charge on any atom is 0.295 e. The summed E-state index contributed by atoms with van der Waals surface area (Å²) in [6.45, 7) is 2.99. The molecule has 7 nitrogen and oxygen atoms in total. The Labute approximate surface area is 189 Å². The quantitative estimate of drug-likeness (QED) is 0.486. The summed E-state index contributed by atoms with van der Waals surface area (Å²) in [5.41, 5.74) is 0.874. The van der Waals surface area contributed by atoms with Gasteiger partial charge in [0, 0.05) is 44.3 Å². The normalized spacial score (nSPS) is 16.7. The van der Waals surface area contributed by atoms with Crippen molar-refractivity contribution in [2.45, 2.75) is 12.8 Å². The van der Waals surface area contributed by atoms with Crippen LogP contribution in [0.3, 0.4) is 0 Å². The molecule has 2 fully saturated rings. The maximum atomic E-state index is 14.6. The summed E-state index contributed by atoms with van der Waals surface area (Å²) in [4.78, 5) is 29.3. The van der Waals surface area contributed by atoms with Crippen molar-refractivity contribution in [1.82, 2.24) is 4.90 Å². The van der Waals surface area contributed by atoms with Crippen LogP contribution in [-0.4, -0.2) is 55.0 Å². The number of anilines is 2. The van der Waals surface area contributed by atoms with E-state index in [-0.39, 0.29) is 16.6 Å². The van der Waals surface area contributed by atoms with Crippen LogP contribution in [0.15, 0.2) is 30.3 Å². The zero-order valence-electron chi connectivity index (χ0n) is 16.7. The van der Waals surface area contributed by atoms with Gasteiger partial charge in [-0.3, -0.25) is 14.9 Å². The number of nitrogens with zero attached hydrogens (tertiary/aromatic N) is 4. The zero-order valence-corrected chi connectivity index (χ0v) is 18.2. The molecule has 164 valence electrons. The Balaban J connectivity index is 1.54. The Morgan fingerprint density at radius 1 is 0.935 bits per heavy atom. The predicted octanol–water partition coefficient (Wildman–Crippen LogP) is 4.60. The zero-order chi connectivity index (χ0) is 22.1. The average molecular weight is 467 g/mol. The number of nitro groups is 1. The van der Waals surface area contributed by atoms with Gasteiger partial charge in [-0.15, -0.1) is 0 Å². The highest BCUT2D eigenvalue weighted by molar-refractivity contribution is 6.36. The number of hydrogen-bond donors (Lipinski definition) is 0. The predicted molar refractivity (Wildman–Crippen MR) is 119 cm³/mol. The minimum Gasteiger partial charge on any atom is -0.369 e. The van der Waals surface area contributed by atoms with E-state index < -0.39 is 10.7 Å². The van der Waals surface area contributed by atoms with E-state index in [1.54, 1.807) is 23.1 Å². The summed E-state index contributed by atoms with van der Waals surface area (Å²) in [5, 5.41) is 12.3. The van der Waals surface area contributed by atoms with Gasteiger partial charge in [0.25, 0.3) is 11.6 Å². The van der Waals surface area contributed by atoms with Crippen molar-refractivity contribution in [2.75, 3.05) is 49.1 Å². The van der Waals surface area contributed by atoms with Gasteiger partial charge < -0.3 is 14.7 Å². The molecule has 4 rings (SSSR count). The average Bonchev–Trinajstić information content (AvgIpc) is 3.28. The van der Waals surface area contributed by atoms with Crippen molar-refractivity contribution in [3.63, 3.8) is 0 Å². The van der Waals surface area contributed by atoms with Gasteiger partial charge in [-0.25, -0.2) is 4.39 Å². The Kier molecular flexibility index (Phi) is 6.20. The number of halogens is 3. The standard InChI is InChI=1S/C21H21Cl2FN4O3/c22-14-3-4-15(16(23)11-14)21(29)27-9-7-26(8-10-27)19-13-18(25-5-1-2-6-25)17(24)12-20(19)28(30)31/h3-4,11-13H,1-2,5-10H2. The van der Waals surface area contributed by atoms with Gasteiger partial charge in [-0.2, -0.15) is 0 Å². The molecular weight excluding hydrogens is 446 g/mol. The van der Waals surface area contributed by atoms with E-state index in [1.165, 1.54) is 6.07 Å². The molecule has 2 saturated heterocycles. The topological polar surface area (TPSA) is 69.9 Å². The number of hydrogen-bond acceptors (Lipinski definition) is 5. The number of piperazine rings is 1. The van der Waals surface area contributed by atoms with Crippen LogP contribution in [0, 0.1) is 15.9 Å². The van der Waals surface area contributed by atoms with Crippen LogP contribution >= 0.6 is 23.2 Å². The molecule has 2 aliphatic rings. The molecule has 0 aliphatic carbocycles. The molecule has 31 heavy (non-hydrogen) atoms. The minimum atomic E-state index is -0.580. The Hall–Kier alpha value is -2.58. The second kappa shape index (κ2) is 8.88. The summed E-state index contributed by atoms with van der Waals surface area (Å²) in [6.07, 6.45) is 1.94. The molecule has 1 amide bonds. The van der Waals surface area contributed by atoms with Crippen LogP contribution in [0.2, 0.25) is 10.0 Å². The van der Waals surface area contributed by atoms with Gasteiger partial charge in [0.1, 0.15) is 5.69 Å². The lowest BCUT2D eigenvalue weighted by atomic mass is 10.1. The molecule has 0 spiro atoms. The lowest BCUT2D eigenvalue weighted by molar-refractivity contribution is -0.384. The van der Waals surface area contributed by atoms with Crippen LogP contribution in [0.4, 0.5) is 21.5 Å². The fraction of sp³-hybridized carbons (Fsp3) is 0.381. The molecule has 0 unspecified atom stereocenters. The summed E-state index contributed by atoms with van der Waals surface area (Å²) in [7, 11) is 0. The van der Waals surface area contributed by atoms with Crippen LogP contribution in [0.5, 0.6) is 0 Å². The molecule has 2 aromatic carbocycles. The Morgan fingerprint density at radius 2 is 1.58 bits per heavy atom. The summed E-state index contributed by atoms with van der Waals surface area (Å²) in [5.74, 6) is -0.795. The first kappa shape index (κ1) is 21.6. The molecule has 0 radical (unpaired) electrons. The van der Waals surface area contributed by atoms with E-state index in [9.17, 15) is 19.3 Å². The van der Waals surface area contributed by atoms with E-state index >= 15 is 0 Å². The summed E-state index contributed by atoms with van der Waals surface area (Å²) < 4.78 is 14.6. The number of benzene rings is 2. The van der Waals surface area contributed by atoms with Gasteiger partial charge >= 0.3 is 0 Å². The van der Waals surface area contributed by atoms with Gasteiger partial charge in [0.15, 0.2) is 5.82 Å². The maximum absolute atomic E-state index is 14.6. The Morgan fingerprint density at radius 3 is 2.19 bits per heavy atom. The molecular formula is C21H21Cl2FN4O3. The molecule has 2 heterocycles. The molecule has 10 heteroatoms. The van der Waals surface area contributed by atoms with Gasteiger partial charge in [-0.05, 0) is 37.1 Å². The van der Waals surface area contributed by atoms with Gasteiger partial charge in [-0.1, -0.05) is 23.2 Å². The molecule has 0 saturated carbocycles. The number of nitro benzene ring substituents is 1. The van der Waals surface area contributed by atoms with Crippen molar-refractivity contribution >= 4 is 46.2 Å². The van der Waals surface area contributed by atoms with Crippen molar-refractivity contribution in [1.29, 1.82) is 0 Å². The highest BCUT2D eigenvalue weighted by Gasteiger charge is 2.30. The number of amides is 1. The van der Waals surface area contributed by atoms with Crippen LogP contribution < -0.4 is 9.80 Å². The first-order valence-corrected chi connectivity index (χ1v) is 10.8. The smallest absolute Gasteiger partial charge is 0.295 e. The van der Waals surface area contributed by atoms with Crippen molar-refractivity contribution in [2.24, 2.45) is 0 Å². The lowest BCUT2D eigenvalue weighted by Crippen LogP contribution is -2.49. The molecule has 0 bridgehead atoms. The molecule has 2 aromatic rings. The van der Waals surface area contributed by atoms with E-state index in [1.807, 2.05) is 9.80 Å². The van der Waals surface area contributed by atoms with Gasteiger partial charge in [0.05, 0.1) is 27.3 Å². The first-order chi connectivity index (χ1) is 14.8. The lowest BCUT2D eigenvalue weighted by Gasteiger charge is -2.36. The number of carbonyl (C=O) groups excluding carboxylic acids is 1. The van der Waals surface area contributed by atoms with E-state index in [0.717, 1.165) is 32.0 Å². The second-order valence-corrected chi connectivity index (χ2v) is 8.49. The fourth-order valence-electron chi connectivity index (χ4n) is 4.12. The van der Waals surface area contributed by atoms with Crippen molar-refractivity contribution in [3.8, 4) is 0 Å². The van der Waals surface area contributed by atoms with Crippen LogP contribution in [0.25, 0.3) is 0 Å². The number of rotatable bonds is 4. The van der Waals surface area contributed by atoms with E-state index in [2.05, 4.69) is 0 Å². The molecule has 2 aliphatic heterocycles. The van der Waals surface area contributed by atoms with Crippen LogP contribution in [-0.2, 0) is 0 Å². The van der Waals surface area contributed by atoms with Crippen molar-refractivity contribution in [3.05, 3.63) is 61.9 Å². The summed E-state index contributed by atoms with van der Waals surface area (Å²) in [6, 6.07) is 7.31. The Bertz CT molecular complexity index is 1020.